The van der Waals surface area contributed by atoms with E-state index in [4.69, 9.17) is 0 Å². The Kier molecular flexibility index (Phi) is 14.8. The molecule has 0 rings (SSSR count). The van der Waals surface area contributed by atoms with Gasteiger partial charge in [-0.05, 0) is 0 Å². The minimum Gasteiger partial charge on any atom is 0 e. The largest absolute Gasteiger partial charge is 0 e. The zero-order valence-corrected chi connectivity index (χ0v) is 4.57. The van der Waals surface area contributed by atoms with Crippen molar-refractivity contribution in [1.29, 1.82) is 0 Å². The van der Waals surface area contributed by atoms with Crippen molar-refractivity contribution < 1.29 is 0 Å². The van der Waals surface area contributed by atoms with Crippen molar-refractivity contribution in [3.05, 3.63) is 0 Å². The van der Waals surface area contributed by atoms with E-state index in [0.717, 1.165) is 0 Å². The summed E-state index contributed by atoms with van der Waals surface area (Å²) < 4.78 is 0. The summed E-state index contributed by atoms with van der Waals surface area (Å²) in [7, 11) is 0. The van der Waals surface area contributed by atoms with Crippen LogP contribution in [0.4, 0.5) is 0 Å². The molecule has 0 aliphatic heterocycles. The van der Waals surface area contributed by atoms with Crippen molar-refractivity contribution in [1.82, 2.24) is 6.15 Å². The minimum absolute atomic E-state index is 0. The van der Waals surface area contributed by atoms with E-state index >= 15 is 0 Å². The molecule has 0 aliphatic rings. The predicted molar refractivity (Wildman–Crippen MR) is 27.6 cm³/mol. The number of hydrogen-bond acceptors (Lipinski definition) is 0. The number of rotatable bonds is 2. The molecule has 6 heavy (non-hydrogen) atoms. The Morgan fingerprint density at radius 1 is 1.50 bits per heavy atom. The van der Waals surface area contributed by atoms with E-state index in [0.29, 0.717) is 0 Å². The van der Waals surface area contributed by atoms with Crippen LogP contribution in [0.15, 0.2) is 0 Å². The molecule has 0 saturated carbocycles. The molecule has 3 radical (unpaired) electrons. The fourth-order valence-corrected chi connectivity index (χ4v) is 0.354. The Morgan fingerprint density at radius 2 is 2.00 bits per heavy atom. The molecule has 0 unspecified atom stereocenters. The van der Waals surface area contributed by atoms with E-state index in [2.05, 4.69) is 24.6 Å². The summed E-state index contributed by atoms with van der Waals surface area (Å²) in [6, 6.07) is 0. The quantitative estimate of drug-likeness (QED) is 0.439. The molecule has 0 heterocycles. The fraction of sp³-hybridized carbons (Fsp3) is 1.00. The monoisotopic (exact) mass is 78.1 g/mol. The Morgan fingerprint density at radius 3 is 2.00 bits per heavy atom. The third-order valence-electron chi connectivity index (χ3n) is 0.707. The average molecular weight is 78.1 g/mol. The topological polar surface area (TPSA) is 30.5 Å². The predicted octanol–water partition coefficient (Wildman–Crippen LogP) is 0.893. The van der Waals surface area contributed by atoms with E-state index in [1.807, 2.05) is 0 Å². The SMILES string of the molecule is [Li][CH2]CCC.[N]. The Labute approximate surface area is 49.3 Å². The van der Waals surface area contributed by atoms with Crippen LogP contribution in [0.2, 0.25) is 5.09 Å². The van der Waals surface area contributed by atoms with Gasteiger partial charge in [0.05, 0.1) is 0 Å². The van der Waals surface area contributed by atoms with Crippen LogP contribution in [-0.2, 0) is 0 Å². The maximum absolute atomic E-state index is 2.21. The van der Waals surface area contributed by atoms with Crippen LogP contribution in [-0.4, -0.2) is 17.7 Å². The smallest absolute Gasteiger partial charge is 0 e. The maximum Gasteiger partial charge on any atom is 0 e. The fourth-order valence-electron chi connectivity index (χ4n) is 0.354. The third kappa shape index (κ3) is 8.82. The second-order valence-corrected chi connectivity index (χ2v) is 1.35. The summed E-state index contributed by atoms with van der Waals surface area (Å²) in [4.78, 5) is 0. The van der Waals surface area contributed by atoms with Gasteiger partial charge in [0.1, 0.15) is 0 Å². The standard InChI is InChI=1S/C4H9.Li.N/c1-3-4-2;;/h1,3-4H2,2H3;;. The van der Waals surface area contributed by atoms with Gasteiger partial charge in [0.2, 0.25) is 0 Å². The Hall–Kier alpha value is 0.557. The van der Waals surface area contributed by atoms with Crippen LogP contribution < -0.4 is 6.15 Å². The summed E-state index contributed by atoms with van der Waals surface area (Å²) in [5.74, 6) is 0. The zero-order chi connectivity index (χ0) is 4.12. The molecule has 0 spiro atoms. The molecule has 0 bridgehead atoms. The molecule has 0 saturated heterocycles. The van der Waals surface area contributed by atoms with Gasteiger partial charge in [0.15, 0.2) is 0 Å². The minimum atomic E-state index is 0. The maximum atomic E-state index is 2.21. The molecule has 2 heteroatoms. The molecule has 0 aromatic rings. The summed E-state index contributed by atoms with van der Waals surface area (Å²) in [6.45, 7) is 2.21. The van der Waals surface area contributed by atoms with Crippen molar-refractivity contribution in [2.24, 2.45) is 0 Å². The van der Waals surface area contributed by atoms with Gasteiger partial charge in [0.25, 0.3) is 0 Å². The van der Waals surface area contributed by atoms with Crippen molar-refractivity contribution in [2.45, 2.75) is 24.9 Å². The van der Waals surface area contributed by atoms with Gasteiger partial charge in [-0.25, -0.2) is 0 Å². The molecule has 0 aromatic heterocycles. The normalized spacial score (nSPS) is 7.17. The zero-order valence-electron chi connectivity index (χ0n) is 4.57. The van der Waals surface area contributed by atoms with E-state index in [-0.39, 0.29) is 6.15 Å². The van der Waals surface area contributed by atoms with Gasteiger partial charge in [-0.15, -0.1) is 0 Å². The van der Waals surface area contributed by atoms with Gasteiger partial charge in [-0.1, -0.05) is 0 Å². The van der Waals surface area contributed by atoms with E-state index in [1.165, 1.54) is 17.9 Å². The van der Waals surface area contributed by atoms with Gasteiger partial charge in [-0.2, -0.15) is 0 Å². The molecule has 0 amide bonds. The first-order valence-electron chi connectivity index (χ1n) is 2.41. The van der Waals surface area contributed by atoms with E-state index < -0.39 is 0 Å². The molecule has 0 aliphatic carbocycles. The molecular formula is C4H9LiN. The Bertz CT molecular complexity index is 15.0. The Balaban J connectivity index is 0. The molecule has 0 N–H and O–H groups in total. The molecule has 0 aromatic carbocycles. The van der Waals surface area contributed by atoms with Crippen molar-refractivity contribution in [2.75, 3.05) is 0 Å². The number of nitrogens with zero attached hydrogens (tertiary/aromatic N) is 1. The summed E-state index contributed by atoms with van der Waals surface area (Å²) in [5, 5.41) is 1.34. The second-order valence-electron chi connectivity index (χ2n) is 1.35. The second kappa shape index (κ2) is 9.12. The van der Waals surface area contributed by atoms with Gasteiger partial charge < -0.3 is 0 Å². The third-order valence-corrected chi connectivity index (χ3v) is 0.707. The summed E-state index contributed by atoms with van der Waals surface area (Å²) in [6.07, 6.45) is 2.73. The molecule has 0 atom stereocenters. The van der Waals surface area contributed by atoms with Crippen molar-refractivity contribution >= 4 is 17.7 Å². The first-order valence-corrected chi connectivity index (χ1v) is 2.41. The van der Waals surface area contributed by atoms with Crippen LogP contribution in [0.3, 0.4) is 0 Å². The average Bonchev–Trinajstić information content (AvgIpc) is 1.41. The van der Waals surface area contributed by atoms with Gasteiger partial charge in [0, 0.05) is 6.15 Å². The van der Waals surface area contributed by atoms with E-state index in [1.54, 1.807) is 0 Å². The van der Waals surface area contributed by atoms with Gasteiger partial charge >= 0.3 is 42.6 Å². The number of unbranched alkanes of at least 4 members (excludes halogenated alkanes) is 1. The first-order chi connectivity index (χ1) is 2.41. The molecule has 0 fully saturated rings. The molecule has 1 nitrogen and oxygen atoms in total. The van der Waals surface area contributed by atoms with Crippen LogP contribution >= 0.6 is 0 Å². The van der Waals surface area contributed by atoms with Crippen LogP contribution in [0.1, 0.15) is 19.8 Å². The molecular weight excluding hydrogens is 69.0 g/mol. The summed E-state index contributed by atoms with van der Waals surface area (Å²) in [5.41, 5.74) is 0. The summed E-state index contributed by atoms with van der Waals surface area (Å²) >= 11 is 2.21. The van der Waals surface area contributed by atoms with Crippen molar-refractivity contribution in [3.63, 3.8) is 0 Å². The van der Waals surface area contributed by atoms with Gasteiger partial charge in [-0.3, -0.25) is 0 Å². The van der Waals surface area contributed by atoms with Crippen LogP contribution in [0, 0.1) is 0 Å². The van der Waals surface area contributed by atoms with Crippen LogP contribution in [0.25, 0.3) is 0 Å². The van der Waals surface area contributed by atoms with Crippen LogP contribution in [0.5, 0.6) is 0 Å². The number of hydrogen-bond donors (Lipinski definition) is 0. The van der Waals surface area contributed by atoms with Crippen molar-refractivity contribution in [3.8, 4) is 0 Å². The van der Waals surface area contributed by atoms with E-state index in [9.17, 15) is 0 Å². The first kappa shape index (κ1) is 9.75. The molecule has 31 valence electrons.